The van der Waals surface area contributed by atoms with Crippen LogP contribution in [0.15, 0.2) is 0 Å². The van der Waals surface area contributed by atoms with Crippen LogP contribution in [0.25, 0.3) is 0 Å². The van der Waals surface area contributed by atoms with Crippen LogP contribution in [0.4, 0.5) is 0 Å². The highest BCUT2D eigenvalue weighted by Crippen LogP contribution is 1.88. The Morgan fingerprint density at radius 1 is 1.67 bits per heavy atom. The maximum absolute atomic E-state index is 9.92. The van der Waals surface area contributed by atoms with Crippen LogP contribution in [-0.2, 0) is 4.79 Å². The molecule has 0 aliphatic heterocycles. The van der Waals surface area contributed by atoms with Gasteiger partial charge in [-0.1, -0.05) is 0 Å². The molecule has 0 heterocycles. The van der Waals surface area contributed by atoms with Crippen molar-refractivity contribution in [1.82, 2.24) is 5.43 Å². The molecule has 0 spiro atoms. The van der Waals surface area contributed by atoms with Crippen LogP contribution in [-0.4, -0.2) is 18.9 Å². The van der Waals surface area contributed by atoms with E-state index in [-0.39, 0.29) is 6.04 Å². The van der Waals surface area contributed by atoms with Gasteiger partial charge in [0.2, 0.25) is 0 Å². The second-order valence-electron chi connectivity index (χ2n) is 1.90. The van der Waals surface area contributed by atoms with Crippen molar-refractivity contribution >= 4 is 6.29 Å². The SMILES string of the molecule is NNCCC[C@H](N)C=O. The third-order valence-electron chi connectivity index (χ3n) is 1.03. The molecule has 0 fully saturated rings. The molecular formula is C5H13N3O. The second kappa shape index (κ2) is 5.68. The summed E-state index contributed by atoms with van der Waals surface area (Å²) < 4.78 is 0. The Morgan fingerprint density at radius 2 is 2.33 bits per heavy atom. The quantitative estimate of drug-likeness (QED) is 0.188. The fraction of sp³-hybridized carbons (Fsp3) is 0.800. The Labute approximate surface area is 54.6 Å². The van der Waals surface area contributed by atoms with Crippen LogP contribution in [0.3, 0.4) is 0 Å². The monoisotopic (exact) mass is 131 g/mol. The van der Waals surface area contributed by atoms with Crippen molar-refractivity contribution in [2.75, 3.05) is 6.54 Å². The zero-order valence-corrected chi connectivity index (χ0v) is 5.34. The molecule has 1 atom stereocenters. The van der Waals surface area contributed by atoms with Crippen molar-refractivity contribution < 1.29 is 4.79 Å². The summed E-state index contributed by atoms with van der Waals surface area (Å²) in [4.78, 5) is 9.92. The van der Waals surface area contributed by atoms with E-state index < -0.39 is 0 Å². The average molecular weight is 131 g/mol. The van der Waals surface area contributed by atoms with Crippen molar-refractivity contribution in [3.63, 3.8) is 0 Å². The molecule has 0 saturated heterocycles. The molecule has 4 nitrogen and oxygen atoms in total. The number of nitrogens with two attached hydrogens (primary N) is 2. The maximum Gasteiger partial charge on any atom is 0.136 e. The molecule has 0 saturated carbocycles. The summed E-state index contributed by atoms with van der Waals surface area (Å²) in [6, 6.07) is -0.321. The van der Waals surface area contributed by atoms with Gasteiger partial charge >= 0.3 is 0 Å². The molecule has 0 aromatic rings. The molecule has 54 valence electrons. The van der Waals surface area contributed by atoms with Crippen LogP contribution < -0.4 is 17.0 Å². The van der Waals surface area contributed by atoms with Gasteiger partial charge in [0.15, 0.2) is 0 Å². The zero-order valence-electron chi connectivity index (χ0n) is 5.34. The summed E-state index contributed by atoms with van der Waals surface area (Å²) in [5, 5.41) is 0. The molecular weight excluding hydrogens is 118 g/mol. The first-order chi connectivity index (χ1) is 4.31. The van der Waals surface area contributed by atoms with Crippen LogP contribution >= 0.6 is 0 Å². The lowest BCUT2D eigenvalue weighted by molar-refractivity contribution is -0.109. The number of hydrogen-bond donors (Lipinski definition) is 3. The van der Waals surface area contributed by atoms with E-state index in [1.807, 2.05) is 0 Å². The zero-order chi connectivity index (χ0) is 7.11. The topological polar surface area (TPSA) is 81.1 Å². The van der Waals surface area contributed by atoms with Gasteiger partial charge in [-0.15, -0.1) is 0 Å². The first-order valence-electron chi connectivity index (χ1n) is 2.95. The lowest BCUT2D eigenvalue weighted by atomic mass is 10.2. The standard InChI is InChI=1S/C5H13N3O/c6-5(4-9)2-1-3-8-7/h4-5,8H,1-3,6-7H2/t5-/m0/s1. The molecule has 0 aromatic heterocycles. The third-order valence-corrected chi connectivity index (χ3v) is 1.03. The van der Waals surface area contributed by atoms with E-state index in [4.69, 9.17) is 11.6 Å². The summed E-state index contributed by atoms with van der Waals surface area (Å²) >= 11 is 0. The van der Waals surface area contributed by atoms with E-state index in [0.29, 0.717) is 13.0 Å². The minimum Gasteiger partial charge on any atom is -0.322 e. The molecule has 5 N–H and O–H groups in total. The number of hydrogen-bond acceptors (Lipinski definition) is 4. The van der Waals surface area contributed by atoms with E-state index >= 15 is 0 Å². The molecule has 0 aliphatic rings. The molecule has 0 bridgehead atoms. The van der Waals surface area contributed by atoms with Crippen LogP contribution in [0, 0.1) is 0 Å². The van der Waals surface area contributed by atoms with Crippen LogP contribution in [0.5, 0.6) is 0 Å². The predicted octanol–water partition coefficient (Wildman–Crippen LogP) is -1.24. The van der Waals surface area contributed by atoms with E-state index in [1.54, 1.807) is 0 Å². The Bertz CT molecular complexity index is 76.6. The van der Waals surface area contributed by atoms with Crippen LogP contribution in [0.1, 0.15) is 12.8 Å². The van der Waals surface area contributed by atoms with Gasteiger partial charge in [-0.05, 0) is 12.8 Å². The highest BCUT2D eigenvalue weighted by Gasteiger charge is 1.96. The van der Waals surface area contributed by atoms with Crippen molar-refractivity contribution in [1.29, 1.82) is 0 Å². The summed E-state index contributed by atoms with van der Waals surface area (Å²) in [6.45, 7) is 0.710. The Morgan fingerprint density at radius 3 is 2.78 bits per heavy atom. The van der Waals surface area contributed by atoms with Gasteiger partial charge in [-0.2, -0.15) is 0 Å². The summed E-state index contributed by atoms with van der Waals surface area (Å²) in [6.07, 6.45) is 2.29. The molecule has 0 rings (SSSR count). The lowest BCUT2D eigenvalue weighted by Gasteiger charge is -2.01. The number of carbonyl (C=O) groups is 1. The highest BCUT2D eigenvalue weighted by atomic mass is 16.1. The Hall–Kier alpha value is -0.450. The fourth-order valence-electron chi connectivity index (χ4n) is 0.508. The number of nitrogens with one attached hydrogen (secondary N) is 1. The summed E-state index contributed by atoms with van der Waals surface area (Å²) in [5.41, 5.74) is 7.75. The van der Waals surface area contributed by atoms with E-state index in [1.165, 1.54) is 0 Å². The number of carbonyl (C=O) groups excluding carboxylic acids is 1. The molecule has 0 radical (unpaired) electrons. The van der Waals surface area contributed by atoms with Crippen LogP contribution in [0.2, 0.25) is 0 Å². The number of rotatable bonds is 5. The van der Waals surface area contributed by atoms with Crippen molar-refractivity contribution in [3.05, 3.63) is 0 Å². The molecule has 4 heteroatoms. The van der Waals surface area contributed by atoms with Gasteiger partial charge in [0.05, 0.1) is 6.04 Å². The largest absolute Gasteiger partial charge is 0.322 e. The average Bonchev–Trinajstić information content (AvgIpc) is 1.89. The van der Waals surface area contributed by atoms with Gasteiger partial charge in [-0.25, -0.2) is 0 Å². The first-order valence-corrected chi connectivity index (χ1v) is 2.95. The Balaban J connectivity index is 2.96. The fourth-order valence-corrected chi connectivity index (χ4v) is 0.508. The van der Waals surface area contributed by atoms with Crippen molar-refractivity contribution in [2.45, 2.75) is 18.9 Å². The third kappa shape index (κ3) is 5.42. The minimum atomic E-state index is -0.321. The molecule has 9 heavy (non-hydrogen) atoms. The van der Waals surface area contributed by atoms with Gasteiger partial charge in [0.1, 0.15) is 6.29 Å². The smallest absolute Gasteiger partial charge is 0.136 e. The van der Waals surface area contributed by atoms with Gasteiger partial charge < -0.3 is 10.5 Å². The van der Waals surface area contributed by atoms with Crippen molar-refractivity contribution in [3.8, 4) is 0 Å². The van der Waals surface area contributed by atoms with Crippen molar-refractivity contribution in [2.24, 2.45) is 11.6 Å². The summed E-state index contributed by atoms with van der Waals surface area (Å²) in [5.74, 6) is 4.98. The highest BCUT2D eigenvalue weighted by molar-refractivity contribution is 5.56. The second-order valence-corrected chi connectivity index (χ2v) is 1.90. The predicted molar refractivity (Wildman–Crippen MR) is 35.5 cm³/mol. The molecule has 0 unspecified atom stereocenters. The van der Waals surface area contributed by atoms with Gasteiger partial charge in [0, 0.05) is 6.54 Å². The first kappa shape index (κ1) is 8.55. The number of aldehydes is 1. The van der Waals surface area contributed by atoms with E-state index in [2.05, 4.69) is 5.43 Å². The normalized spacial score (nSPS) is 13.1. The van der Waals surface area contributed by atoms with Gasteiger partial charge in [-0.3, -0.25) is 11.3 Å². The van der Waals surface area contributed by atoms with E-state index in [9.17, 15) is 4.79 Å². The summed E-state index contributed by atoms with van der Waals surface area (Å²) in [7, 11) is 0. The Kier molecular flexibility index (Phi) is 5.40. The maximum atomic E-state index is 9.92. The molecule has 0 amide bonds. The number of hydrazine groups is 1. The molecule has 0 aromatic carbocycles. The lowest BCUT2D eigenvalue weighted by Crippen LogP contribution is -2.26. The van der Waals surface area contributed by atoms with E-state index in [0.717, 1.165) is 12.7 Å². The molecule has 0 aliphatic carbocycles. The minimum absolute atomic E-state index is 0.321. The van der Waals surface area contributed by atoms with Gasteiger partial charge in [0.25, 0.3) is 0 Å².